The molecule has 0 saturated heterocycles. The summed E-state index contributed by atoms with van der Waals surface area (Å²) in [6.07, 6.45) is -1.98. The number of carbonyl (C=O) groups excluding carboxylic acids is 1. The molecule has 1 aliphatic rings. The first-order valence-electron chi connectivity index (χ1n) is 4.89. The molecule has 2 atom stereocenters. The monoisotopic (exact) mass is 240 g/mol. The van der Waals surface area contributed by atoms with E-state index in [1.54, 1.807) is 6.07 Å². The van der Waals surface area contributed by atoms with Gasteiger partial charge in [-0.1, -0.05) is 12.1 Å². The van der Waals surface area contributed by atoms with Gasteiger partial charge in [-0.2, -0.15) is 5.06 Å². The minimum absolute atomic E-state index is 0.00454. The fourth-order valence-corrected chi connectivity index (χ4v) is 1.65. The number of hydrogen-bond donors (Lipinski definition) is 4. The highest BCUT2D eigenvalue weighted by molar-refractivity contribution is 5.99. The molecule has 1 amide bonds. The van der Waals surface area contributed by atoms with Crippen LogP contribution in [0.25, 0.3) is 0 Å². The number of benzene rings is 1. The predicted molar refractivity (Wildman–Crippen MR) is 56.6 cm³/mol. The maximum Gasteiger partial charge on any atom is 0.284 e. The van der Waals surface area contributed by atoms with Gasteiger partial charge < -0.3 is 10.2 Å². The normalized spacial score (nSPS) is 29.0. The van der Waals surface area contributed by atoms with Gasteiger partial charge in [-0.25, -0.2) is 5.06 Å². The number of para-hydroxylation sites is 2. The number of fused-ring (bicyclic) bond motifs is 1. The van der Waals surface area contributed by atoms with Crippen molar-refractivity contribution in [3.63, 3.8) is 0 Å². The van der Waals surface area contributed by atoms with Crippen LogP contribution in [0.4, 0.5) is 11.4 Å². The minimum atomic E-state index is -2.23. The van der Waals surface area contributed by atoms with Crippen molar-refractivity contribution in [2.45, 2.75) is 18.8 Å². The van der Waals surface area contributed by atoms with Gasteiger partial charge in [0.1, 0.15) is 0 Å². The Balaban J connectivity index is 2.65. The van der Waals surface area contributed by atoms with E-state index in [0.717, 1.165) is 6.92 Å². The van der Waals surface area contributed by atoms with Crippen LogP contribution < -0.4 is 10.1 Å². The van der Waals surface area contributed by atoms with E-state index in [1.807, 2.05) is 0 Å². The SMILES string of the molecule is CC1(O)C(O)C(=O)N(O)c2ccccc2N1O. The molecule has 2 rings (SSSR count). The van der Waals surface area contributed by atoms with Gasteiger partial charge >= 0.3 is 0 Å². The van der Waals surface area contributed by atoms with Crippen molar-refractivity contribution >= 4 is 17.3 Å². The Hall–Kier alpha value is -1.67. The number of anilines is 2. The van der Waals surface area contributed by atoms with Gasteiger partial charge in [-0.05, 0) is 19.1 Å². The second-order valence-electron chi connectivity index (χ2n) is 3.95. The van der Waals surface area contributed by atoms with Crippen LogP contribution in [0.3, 0.4) is 0 Å². The molecule has 92 valence electrons. The standard InChI is InChI=1S/C10H12N2O5/c1-10(15)8(13)9(14)11(16)6-4-2-3-5-7(6)12(10)17/h2-5,8,13,15-17H,1H3. The maximum absolute atomic E-state index is 11.6. The van der Waals surface area contributed by atoms with Gasteiger partial charge in [0.05, 0.1) is 11.4 Å². The number of hydrogen-bond acceptors (Lipinski definition) is 6. The predicted octanol–water partition coefficient (Wildman–Crippen LogP) is -0.313. The van der Waals surface area contributed by atoms with E-state index in [4.69, 9.17) is 0 Å². The third kappa shape index (κ3) is 1.56. The molecule has 7 nitrogen and oxygen atoms in total. The second kappa shape index (κ2) is 3.67. The summed E-state index contributed by atoms with van der Waals surface area (Å²) in [5.74, 6) is -1.13. The van der Waals surface area contributed by atoms with Gasteiger partial charge in [0.15, 0.2) is 11.8 Å². The third-order valence-electron chi connectivity index (χ3n) is 2.73. The first-order chi connectivity index (χ1) is 7.87. The lowest BCUT2D eigenvalue weighted by Gasteiger charge is -2.33. The Kier molecular flexibility index (Phi) is 2.55. The lowest BCUT2D eigenvalue weighted by Crippen LogP contribution is -2.57. The summed E-state index contributed by atoms with van der Waals surface area (Å²) in [4.78, 5) is 11.6. The molecule has 0 fully saturated rings. The molecular formula is C10H12N2O5. The maximum atomic E-state index is 11.6. The molecule has 0 spiro atoms. The zero-order chi connectivity index (χ0) is 12.8. The van der Waals surface area contributed by atoms with Crippen LogP contribution in [-0.4, -0.2) is 38.4 Å². The molecule has 0 aromatic heterocycles. The van der Waals surface area contributed by atoms with E-state index in [-0.39, 0.29) is 16.4 Å². The van der Waals surface area contributed by atoms with Crippen LogP contribution in [0.2, 0.25) is 0 Å². The molecule has 1 aliphatic heterocycles. The molecule has 1 aromatic carbocycles. The van der Waals surface area contributed by atoms with Gasteiger partial charge in [0, 0.05) is 0 Å². The van der Waals surface area contributed by atoms with Crippen molar-refractivity contribution in [1.29, 1.82) is 0 Å². The number of nitrogens with zero attached hydrogens (tertiary/aromatic N) is 2. The summed E-state index contributed by atoms with van der Waals surface area (Å²) in [5.41, 5.74) is -2.26. The highest BCUT2D eigenvalue weighted by atomic mass is 16.6. The molecule has 1 aromatic rings. The quantitative estimate of drug-likeness (QED) is 0.464. The third-order valence-corrected chi connectivity index (χ3v) is 2.73. The topological polar surface area (TPSA) is 104 Å². The Morgan fingerprint density at radius 3 is 2.35 bits per heavy atom. The summed E-state index contributed by atoms with van der Waals surface area (Å²) in [7, 11) is 0. The van der Waals surface area contributed by atoms with Crippen molar-refractivity contribution < 1.29 is 25.4 Å². The number of hydroxylamine groups is 2. The van der Waals surface area contributed by atoms with E-state index in [2.05, 4.69) is 0 Å². The average Bonchev–Trinajstić information content (AvgIpc) is 2.38. The van der Waals surface area contributed by atoms with Crippen molar-refractivity contribution in [2.24, 2.45) is 0 Å². The molecule has 2 unspecified atom stereocenters. The summed E-state index contributed by atoms with van der Waals surface area (Å²) in [6, 6.07) is 5.84. The van der Waals surface area contributed by atoms with Crippen molar-refractivity contribution in [3.8, 4) is 0 Å². The fraction of sp³-hybridized carbons (Fsp3) is 0.300. The second-order valence-corrected chi connectivity index (χ2v) is 3.95. The molecule has 1 heterocycles. The molecule has 0 radical (unpaired) electrons. The fourth-order valence-electron chi connectivity index (χ4n) is 1.65. The van der Waals surface area contributed by atoms with Crippen LogP contribution in [0.1, 0.15) is 6.92 Å². The smallest absolute Gasteiger partial charge is 0.284 e. The summed E-state index contributed by atoms with van der Waals surface area (Å²) in [5, 5.41) is 39.5. The van der Waals surface area contributed by atoms with Gasteiger partial charge in [0.2, 0.25) is 0 Å². The summed E-state index contributed by atoms with van der Waals surface area (Å²) < 4.78 is 0. The number of carbonyl (C=O) groups is 1. The van der Waals surface area contributed by atoms with Crippen LogP contribution >= 0.6 is 0 Å². The molecule has 0 bridgehead atoms. The van der Waals surface area contributed by atoms with E-state index in [9.17, 15) is 25.4 Å². The van der Waals surface area contributed by atoms with E-state index in [0.29, 0.717) is 5.06 Å². The van der Waals surface area contributed by atoms with Crippen LogP contribution in [0.15, 0.2) is 24.3 Å². The first kappa shape index (κ1) is 11.8. The van der Waals surface area contributed by atoms with Crippen molar-refractivity contribution in [1.82, 2.24) is 0 Å². The van der Waals surface area contributed by atoms with Crippen LogP contribution in [-0.2, 0) is 4.79 Å². The number of aliphatic hydroxyl groups is 2. The Labute approximate surface area is 96.7 Å². The van der Waals surface area contributed by atoms with Crippen molar-refractivity contribution in [2.75, 3.05) is 10.1 Å². The van der Waals surface area contributed by atoms with E-state index < -0.39 is 17.7 Å². The molecule has 0 aliphatic carbocycles. The Bertz CT molecular complexity index is 462. The Morgan fingerprint density at radius 1 is 1.24 bits per heavy atom. The first-order valence-corrected chi connectivity index (χ1v) is 4.89. The van der Waals surface area contributed by atoms with Gasteiger partial charge in [0.25, 0.3) is 5.91 Å². The Morgan fingerprint density at radius 2 is 1.76 bits per heavy atom. The summed E-state index contributed by atoms with van der Waals surface area (Å²) >= 11 is 0. The van der Waals surface area contributed by atoms with Crippen LogP contribution in [0.5, 0.6) is 0 Å². The molecule has 4 N–H and O–H groups in total. The number of amides is 1. The number of aliphatic hydroxyl groups excluding tert-OH is 1. The van der Waals surface area contributed by atoms with Crippen molar-refractivity contribution in [3.05, 3.63) is 24.3 Å². The lowest BCUT2D eigenvalue weighted by molar-refractivity contribution is -0.153. The average molecular weight is 240 g/mol. The summed E-state index contributed by atoms with van der Waals surface area (Å²) in [6.45, 7) is 1.06. The van der Waals surface area contributed by atoms with E-state index in [1.165, 1.54) is 18.2 Å². The largest absolute Gasteiger partial charge is 0.379 e. The van der Waals surface area contributed by atoms with E-state index >= 15 is 0 Å². The molecule has 17 heavy (non-hydrogen) atoms. The molecular weight excluding hydrogens is 228 g/mol. The number of rotatable bonds is 0. The van der Waals surface area contributed by atoms with Crippen LogP contribution in [0, 0.1) is 0 Å². The highest BCUT2D eigenvalue weighted by Crippen LogP contribution is 2.36. The minimum Gasteiger partial charge on any atom is -0.379 e. The van der Waals surface area contributed by atoms with Gasteiger partial charge in [-0.15, -0.1) is 0 Å². The zero-order valence-corrected chi connectivity index (χ0v) is 8.98. The molecule has 0 saturated carbocycles. The molecule has 7 heteroatoms. The highest BCUT2D eigenvalue weighted by Gasteiger charge is 2.47. The zero-order valence-electron chi connectivity index (χ0n) is 8.98. The van der Waals surface area contributed by atoms with Gasteiger partial charge in [-0.3, -0.25) is 15.2 Å². The lowest BCUT2D eigenvalue weighted by atomic mass is 10.1.